The summed E-state index contributed by atoms with van der Waals surface area (Å²) in [6, 6.07) is 15.4. The lowest BCUT2D eigenvalue weighted by Gasteiger charge is -2.32. The van der Waals surface area contributed by atoms with Crippen molar-refractivity contribution >= 4 is 86.4 Å². The lowest BCUT2D eigenvalue weighted by Crippen LogP contribution is -2.61. The molecular weight excluding hydrogens is 1070 g/mol. The molecule has 2 heterocycles. The molecule has 2 aliphatic rings. The van der Waals surface area contributed by atoms with E-state index in [1.807, 2.05) is 0 Å². The highest BCUT2D eigenvalue weighted by Gasteiger charge is 2.41. The third-order valence-corrected chi connectivity index (χ3v) is 15.6. The Morgan fingerprint density at radius 1 is 0.700 bits per heavy atom. The van der Waals surface area contributed by atoms with Crippen LogP contribution in [0, 0.1) is 0 Å². The van der Waals surface area contributed by atoms with Gasteiger partial charge >= 0.3 is 0 Å². The van der Waals surface area contributed by atoms with Crippen LogP contribution in [0.25, 0.3) is 0 Å². The number of ketones is 1. The molecule has 5 rings (SSSR count). The lowest BCUT2D eigenvalue weighted by atomic mass is 9.84. The molecule has 0 aromatic heterocycles. The van der Waals surface area contributed by atoms with Gasteiger partial charge in [-0.05, 0) is 62.6 Å². The van der Waals surface area contributed by atoms with E-state index < -0.39 is 138 Å². The number of carbonyl (C=O) groups is 11. The fourth-order valence-corrected chi connectivity index (χ4v) is 11.4. The summed E-state index contributed by atoms with van der Waals surface area (Å²) in [6.45, 7) is 6.70. The number of nitrogens with one attached hydrogen (secondary N) is 8. The van der Waals surface area contributed by atoms with E-state index in [-0.39, 0.29) is 43.7 Å². The van der Waals surface area contributed by atoms with Crippen molar-refractivity contribution in [2.75, 3.05) is 31.1 Å². The van der Waals surface area contributed by atoms with Crippen LogP contribution >= 0.6 is 21.6 Å². The van der Waals surface area contributed by atoms with Crippen molar-refractivity contribution in [2.24, 2.45) is 17.2 Å². The van der Waals surface area contributed by atoms with Gasteiger partial charge in [0.2, 0.25) is 59.1 Å². The number of benzene rings is 3. The minimum absolute atomic E-state index is 0.0506. The Balaban J connectivity index is 1.53. The molecule has 0 bridgehead atoms. The molecule has 0 radical (unpaired) electrons. The van der Waals surface area contributed by atoms with Crippen molar-refractivity contribution < 1.29 is 52.7 Å². The minimum Gasteiger partial charge on any atom is -0.389 e. The zero-order valence-electron chi connectivity index (χ0n) is 44.7. The molecule has 2 aliphatic heterocycles. The van der Waals surface area contributed by atoms with Crippen LogP contribution in [0.2, 0.25) is 0 Å². The molecule has 25 heteroatoms. The van der Waals surface area contributed by atoms with E-state index in [2.05, 4.69) is 49.1 Å². The van der Waals surface area contributed by atoms with Crippen molar-refractivity contribution in [1.29, 1.82) is 0 Å². The summed E-state index contributed by atoms with van der Waals surface area (Å²) < 4.78 is 0. The molecule has 430 valence electrons. The van der Waals surface area contributed by atoms with E-state index in [0.717, 1.165) is 21.6 Å². The van der Waals surface area contributed by atoms with Crippen molar-refractivity contribution in [2.45, 2.75) is 119 Å². The molecule has 0 aliphatic carbocycles. The summed E-state index contributed by atoms with van der Waals surface area (Å²) in [5.74, 6) is -9.89. The highest BCUT2D eigenvalue weighted by atomic mass is 33.1. The van der Waals surface area contributed by atoms with Crippen molar-refractivity contribution in [1.82, 2.24) is 47.4 Å². The van der Waals surface area contributed by atoms with Crippen LogP contribution < -0.4 is 59.7 Å². The average molecular weight is 1140 g/mol. The maximum atomic E-state index is 15.0. The Morgan fingerprint density at radius 2 is 1.27 bits per heavy atom. The number of rotatable bonds is 21. The largest absolute Gasteiger partial charge is 0.389 e. The van der Waals surface area contributed by atoms with Gasteiger partial charge in [-0.15, -0.1) is 0 Å². The molecule has 14 N–H and O–H groups in total. The normalized spacial score (nSPS) is 22.0. The van der Waals surface area contributed by atoms with E-state index in [1.165, 1.54) is 11.8 Å². The fraction of sp³-hybridized carbons (Fsp3) is 0.436. The van der Waals surface area contributed by atoms with Crippen LogP contribution in [0.5, 0.6) is 0 Å². The Labute approximate surface area is 472 Å². The van der Waals surface area contributed by atoms with Crippen LogP contribution in [0.1, 0.15) is 81.4 Å². The van der Waals surface area contributed by atoms with Crippen LogP contribution in [-0.4, -0.2) is 149 Å². The summed E-state index contributed by atoms with van der Waals surface area (Å²) in [7, 11) is 2.11. The monoisotopic (exact) mass is 1140 g/mol. The highest BCUT2D eigenvalue weighted by Crippen LogP contribution is 2.30. The first-order chi connectivity index (χ1) is 38.2. The number of hydrogen-bond donors (Lipinski definition) is 11. The van der Waals surface area contributed by atoms with E-state index in [1.54, 1.807) is 97.9 Å². The van der Waals surface area contributed by atoms with E-state index in [0.29, 0.717) is 41.8 Å². The smallest absolute Gasteiger partial charge is 0.246 e. The SMILES string of the molecule is C=C(C)NCCC[C@@H](NC(=O)[C@@H]1CCCN1C(=O)[C@@H]1CSSC[C@H](N)C(=O)N[C@H](C(c2ccccc2)c2ccccc2)C(=O)N[C@@H](Cc2ccccc2)C(=O)N[C@@H](CCC(N)=O)C(=O)N[C@@H](CC(C)=O)C(=O)N1)C(=O)NCC(N)=O. The molecule has 2 saturated heterocycles. The number of nitrogens with zero attached hydrogens (tertiary/aromatic N) is 1. The Hall–Kier alpha value is -7.77. The third kappa shape index (κ3) is 19.8. The van der Waals surface area contributed by atoms with E-state index in [9.17, 15) is 47.9 Å². The van der Waals surface area contributed by atoms with Crippen molar-refractivity contribution in [3.8, 4) is 0 Å². The zero-order chi connectivity index (χ0) is 58.3. The number of allylic oxidation sites excluding steroid dienone is 1. The number of likely N-dealkylation sites (tertiary alicyclic amines) is 1. The second-order valence-corrected chi connectivity index (χ2v) is 22.1. The Kier molecular flexibility index (Phi) is 25.0. The topological polar surface area (TPSA) is 365 Å². The number of hydrogen-bond acceptors (Lipinski definition) is 15. The van der Waals surface area contributed by atoms with Crippen LogP contribution in [0.4, 0.5) is 0 Å². The third-order valence-electron chi connectivity index (χ3n) is 13.1. The minimum atomic E-state index is -1.66. The number of carbonyl (C=O) groups excluding carboxylic acids is 11. The summed E-state index contributed by atoms with van der Waals surface area (Å²) >= 11 is 0. The molecular formula is C55H72N12O11S2. The molecule has 8 atom stereocenters. The summed E-state index contributed by atoms with van der Waals surface area (Å²) in [4.78, 5) is 153. The molecule has 23 nitrogen and oxygen atoms in total. The Bertz CT molecular complexity index is 2650. The quantitative estimate of drug-likeness (QED) is 0.0470. The fourth-order valence-electron chi connectivity index (χ4n) is 9.08. The molecule has 0 saturated carbocycles. The van der Waals surface area contributed by atoms with E-state index >= 15 is 4.79 Å². The molecule has 3 aromatic rings. The van der Waals surface area contributed by atoms with Gasteiger partial charge in [-0.25, -0.2) is 0 Å². The standard InChI is InChI=1S/C55H72N12O11S2/c1-32(2)59-25-13-21-38(49(72)60-29-45(58)70)62-53(76)43-22-14-26-67(43)55(78)42-31-80-79-30-37(56)48(71)66-47(46(35-17-9-5-10-18-35)36-19-11-6-12-20-36)54(77)64-41(28-34-15-7-4-8-16-34)52(75)61-39(23-24-44(57)69)50(73)63-40(27-33(3)68)51(74)65-42/h4-12,15-20,37-43,46-47,59H,1,13-14,21-31,56H2,2-3H3,(H2,57,69)(H2,58,70)(H,60,72)(H,61,75)(H,62,76)(H,63,73)(H,64,77)(H,65,74)(H,66,71)/t37-,38+,39-,40-,41-,42-,43-,47+/m0/s1. The van der Waals surface area contributed by atoms with Gasteiger partial charge in [0.1, 0.15) is 48.1 Å². The maximum Gasteiger partial charge on any atom is 0.246 e. The maximum absolute atomic E-state index is 15.0. The van der Waals surface area contributed by atoms with Gasteiger partial charge in [0.15, 0.2) is 0 Å². The van der Waals surface area contributed by atoms with E-state index in [4.69, 9.17) is 17.2 Å². The number of amides is 10. The predicted octanol–water partition coefficient (Wildman–Crippen LogP) is -0.567. The van der Waals surface area contributed by atoms with Crippen molar-refractivity contribution in [3.63, 3.8) is 0 Å². The summed E-state index contributed by atoms with van der Waals surface area (Å²) in [5.41, 5.74) is 19.9. The first-order valence-electron chi connectivity index (χ1n) is 26.2. The lowest BCUT2D eigenvalue weighted by molar-refractivity contribution is -0.142. The molecule has 0 unspecified atom stereocenters. The van der Waals surface area contributed by atoms with Gasteiger partial charge in [-0.2, -0.15) is 0 Å². The molecule has 10 amide bonds. The molecule has 2 fully saturated rings. The van der Waals surface area contributed by atoms with Gasteiger partial charge in [0.05, 0.1) is 12.6 Å². The molecule has 3 aromatic carbocycles. The van der Waals surface area contributed by atoms with Gasteiger partial charge in [-0.1, -0.05) is 119 Å². The zero-order valence-corrected chi connectivity index (χ0v) is 46.4. The number of Topliss-reactive ketones (excluding diaryl/α,β-unsaturated/α-hetero) is 1. The van der Waals surface area contributed by atoms with Crippen molar-refractivity contribution in [3.05, 3.63) is 120 Å². The summed E-state index contributed by atoms with van der Waals surface area (Å²) in [6.07, 6.45) is -0.492. The number of primary amides is 2. The highest BCUT2D eigenvalue weighted by molar-refractivity contribution is 8.76. The van der Waals surface area contributed by atoms with Gasteiger partial charge in [0, 0.05) is 55.5 Å². The summed E-state index contributed by atoms with van der Waals surface area (Å²) in [5, 5.41) is 21.7. The van der Waals surface area contributed by atoms with Crippen LogP contribution in [-0.2, 0) is 59.2 Å². The average Bonchev–Trinajstić information content (AvgIpc) is 3.93. The van der Waals surface area contributed by atoms with Gasteiger partial charge in [-0.3, -0.25) is 52.7 Å². The predicted molar refractivity (Wildman–Crippen MR) is 302 cm³/mol. The first kappa shape index (κ1) is 63.1. The molecule has 0 spiro atoms. The second-order valence-electron chi connectivity index (χ2n) is 19.6. The van der Waals surface area contributed by atoms with Crippen LogP contribution in [0.3, 0.4) is 0 Å². The Morgan fingerprint density at radius 3 is 1.88 bits per heavy atom. The molecule has 80 heavy (non-hydrogen) atoms. The van der Waals surface area contributed by atoms with Gasteiger partial charge < -0.3 is 64.6 Å². The van der Waals surface area contributed by atoms with Crippen LogP contribution in [0.15, 0.2) is 103 Å². The second kappa shape index (κ2) is 31.7. The number of nitrogens with two attached hydrogens (primary N) is 3. The van der Waals surface area contributed by atoms with Gasteiger partial charge in [0.25, 0.3) is 0 Å². The first-order valence-corrected chi connectivity index (χ1v) is 28.7.